The Morgan fingerprint density at radius 2 is 1.89 bits per heavy atom. The molecule has 0 spiro atoms. The summed E-state index contributed by atoms with van der Waals surface area (Å²) >= 11 is 3.02. The predicted molar refractivity (Wildman–Crippen MR) is 112 cm³/mol. The maximum atomic E-state index is 13.1. The molecule has 3 aromatic rings. The van der Waals surface area contributed by atoms with E-state index in [-0.39, 0.29) is 11.2 Å². The van der Waals surface area contributed by atoms with E-state index in [0.29, 0.717) is 21.5 Å². The van der Waals surface area contributed by atoms with Gasteiger partial charge in [-0.15, -0.1) is 11.8 Å². The van der Waals surface area contributed by atoms with E-state index < -0.39 is 4.92 Å². The van der Waals surface area contributed by atoms with E-state index in [0.717, 1.165) is 23.4 Å². The number of aromatic nitrogens is 2. The number of hydrogen-bond donors (Lipinski definition) is 0. The molecule has 4 rings (SSSR count). The van der Waals surface area contributed by atoms with Crippen molar-refractivity contribution in [1.29, 1.82) is 0 Å². The molecule has 0 bridgehead atoms. The third-order valence-electron chi connectivity index (χ3n) is 4.47. The highest BCUT2D eigenvalue weighted by Gasteiger charge is 2.23. The molecule has 1 aliphatic rings. The number of nitro groups is 1. The van der Waals surface area contributed by atoms with Crippen molar-refractivity contribution in [3.05, 3.63) is 85.8 Å². The highest BCUT2D eigenvalue weighted by atomic mass is 32.2. The Bertz CT molecular complexity index is 1090. The van der Waals surface area contributed by atoms with E-state index in [1.807, 2.05) is 6.92 Å². The Morgan fingerprint density at radius 3 is 2.57 bits per heavy atom. The Morgan fingerprint density at radius 1 is 1.18 bits per heavy atom. The monoisotopic (exact) mass is 411 g/mol. The average molecular weight is 412 g/mol. The number of nitro benzene ring substituents is 1. The molecule has 0 amide bonds. The standard InChI is InChI=1S/C20H17N3O3S2/c1-13-2-4-14(5-3-13)12-28-20-21-17-10-11-27-18(17)19(24)22(20)15-6-8-16(9-7-15)23(25)26/h2-9H,10-12H2,1H3. The maximum absolute atomic E-state index is 13.1. The molecule has 8 heteroatoms. The first-order chi connectivity index (χ1) is 13.5. The second-order valence-electron chi connectivity index (χ2n) is 6.46. The van der Waals surface area contributed by atoms with Crippen molar-refractivity contribution in [1.82, 2.24) is 9.55 Å². The molecule has 0 saturated heterocycles. The average Bonchev–Trinajstić information content (AvgIpc) is 3.17. The summed E-state index contributed by atoms with van der Waals surface area (Å²) in [7, 11) is 0. The van der Waals surface area contributed by atoms with Crippen molar-refractivity contribution in [2.24, 2.45) is 0 Å². The molecule has 2 aromatic carbocycles. The van der Waals surface area contributed by atoms with Crippen LogP contribution in [0.15, 0.2) is 63.4 Å². The van der Waals surface area contributed by atoms with Crippen LogP contribution in [0.3, 0.4) is 0 Å². The molecule has 0 radical (unpaired) electrons. The van der Waals surface area contributed by atoms with Crippen LogP contribution in [0, 0.1) is 17.0 Å². The molecule has 0 atom stereocenters. The molecule has 2 heterocycles. The zero-order chi connectivity index (χ0) is 19.7. The number of non-ortho nitro benzene ring substituents is 1. The topological polar surface area (TPSA) is 78.0 Å². The smallest absolute Gasteiger partial charge is 0.268 e. The van der Waals surface area contributed by atoms with Crippen LogP contribution in [0.4, 0.5) is 5.69 Å². The molecule has 0 saturated carbocycles. The molecular formula is C20H17N3O3S2. The molecule has 1 aromatic heterocycles. The van der Waals surface area contributed by atoms with Crippen molar-refractivity contribution in [3.8, 4) is 5.69 Å². The summed E-state index contributed by atoms with van der Waals surface area (Å²) < 4.78 is 1.57. The third kappa shape index (κ3) is 3.70. The van der Waals surface area contributed by atoms with Gasteiger partial charge in [0.05, 0.1) is 21.2 Å². The zero-order valence-corrected chi connectivity index (χ0v) is 16.8. The lowest BCUT2D eigenvalue weighted by atomic mass is 10.2. The Kier molecular flexibility index (Phi) is 5.23. The van der Waals surface area contributed by atoms with Gasteiger partial charge in [0.1, 0.15) is 0 Å². The first kappa shape index (κ1) is 18.8. The van der Waals surface area contributed by atoms with Crippen LogP contribution in [-0.4, -0.2) is 20.2 Å². The van der Waals surface area contributed by atoms with Gasteiger partial charge in [0.25, 0.3) is 11.2 Å². The van der Waals surface area contributed by atoms with Crippen molar-refractivity contribution >= 4 is 29.2 Å². The summed E-state index contributed by atoms with van der Waals surface area (Å²) in [5, 5.41) is 11.5. The summed E-state index contributed by atoms with van der Waals surface area (Å²) in [5.74, 6) is 1.54. The van der Waals surface area contributed by atoms with Crippen LogP contribution in [-0.2, 0) is 12.2 Å². The fourth-order valence-electron chi connectivity index (χ4n) is 2.97. The first-order valence-electron chi connectivity index (χ1n) is 8.75. The van der Waals surface area contributed by atoms with Crippen LogP contribution >= 0.6 is 23.5 Å². The van der Waals surface area contributed by atoms with E-state index >= 15 is 0 Å². The van der Waals surface area contributed by atoms with Crippen LogP contribution in [0.5, 0.6) is 0 Å². The van der Waals surface area contributed by atoms with Crippen molar-refractivity contribution in [2.75, 3.05) is 5.75 Å². The van der Waals surface area contributed by atoms with Crippen LogP contribution in [0.1, 0.15) is 16.8 Å². The van der Waals surface area contributed by atoms with Gasteiger partial charge in [-0.2, -0.15) is 0 Å². The number of aryl methyl sites for hydroxylation is 2. The van der Waals surface area contributed by atoms with Gasteiger partial charge in [-0.05, 0) is 24.6 Å². The van der Waals surface area contributed by atoms with E-state index in [1.165, 1.54) is 41.2 Å². The van der Waals surface area contributed by atoms with Crippen molar-refractivity contribution in [3.63, 3.8) is 0 Å². The van der Waals surface area contributed by atoms with E-state index in [4.69, 9.17) is 4.98 Å². The van der Waals surface area contributed by atoms with Gasteiger partial charge in [0, 0.05) is 30.1 Å². The normalized spacial score (nSPS) is 12.8. The second-order valence-corrected chi connectivity index (χ2v) is 8.50. The molecule has 0 N–H and O–H groups in total. The molecule has 142 valence electrons. The van der Waals surface area contributed by atoms with Gasteiger partial charge in [0.15, 0.2) is 5.16 Å². The molecular weight excluding hydrogens is 394 g/mol. The number of fused-ring (bicyclic) bond motifs is 1. The maximum Gasteiger partial charge on any atom is 0.272 e. The van der Waals surface area contributed by atoms with Gasteiger partial charge < -0.3 is 0 Å². The van der Waals surface area contributed by atoms with Gasteiger partial charge in [-0.25, -0.2) is 4.98 Å². The van der Waals surface area contributed by atoms with Gasteiger partial charge in [-0.1, -0.05) is 41.6 Å². The van der Waals surface area contributed by atoms with Gasteiger partial charge in [-0.3, -0.25) is 19.5 Å². The highest BCUT2D eigenvalue weighted by molar-refractivity contribution is 7.99. The summed E-state index contributed by atoms with van der Waals surface area (Å²) in [6.45, 7) is 2.04. The summed E-state index contributed by atoms with van der Waals surface area (Å²) in [4.78, 5) is 29.0. The molecule has 0 fully saturated rings. The SMILES string of the molecule is Cc1ccc(CSc2nc3c(c(=O)n2-c2ccc([N+](=O)[O-])cc2)SCC3)cc1. The summed E-state index contributed by atoms with van der Waals surface area (Å²) in [6, 6.07) is 14.3. The Labute approximate surface area is 170 Å². The lowest BCUT2D eigenvalue weighted by molar-refractivity contribution is -0.384. The highest BCUT2D eigenvalue weighted by Crippen LogP contribution is 2.31. The number of rotatable bonds is 5. The molecule has 0 aliphatic carbocycles. The van der Waals surface area contributed by atoms with E-state index in [9.17, 15) is 14.9 Å². The number of nitrogens with zero attached hydrogens (tertiary/aromatic N) is 3. The summed E-state index contributed by atoms with van der Waals surface area (Å²) in [6.07, 6.45) is 0.786. The molecule has 6 nitrogen and oxygen atoms in total. The second kappa shape index (κ2) is 7.81. The van der Waals surface area contributed by atoms with Crippen molar-refractivity contribution in [2.45, 2.75) is 29.1 Å². The minimum atomic E-state index is -0.448. The zero-order valence-electron chi connectivity index (χ0n) is 15.1. The van der Waals surface area contributed by atoms with Crippen LogP contribution in [0.2, 0.25) is 0 Å². The summed E-state index contributed by atoms with van der Waals surface area (Å²) in [5.41, 5.74) is 3.67. The van der Waals surface area contributed by atoms with E-state index in [1.54, 1.807) is 16.7 Å². The molecule has 0 unspecified atom stereocenters. The fourth-order valence-corrected chi connectivity index (χ4v) is 4.98. The molecule has 28 heavy (non-hydrogen) atoms. The minimum absolute atomic E-state index is 0.00542. The van der Waals surface area contributed by atoms with Crippen LogP contribution < -0.4 is 5.56 Å². The molecule has 1 aliphatic heterocycles. The van der Waals surface area contributed by atoms with Gasteiger partial charge >= 0.3 is 0 Å². The predicted octanol–water partition coefficient (Wildman–Crippen LogP) is 4.39. The quantitative estimate of drug-likeness (QED) is 0.268. The minimum Gasteiger partial charge on any atom is -0.268 e. The Hall–Kier alpha value is -2.58. The third-order valence-corrected chi connectivity index (χ3v) is 6.59. The van der Waals surface area contributed by atoms with Crippen LogP contribution in [0.25, 0.3) is 5.69 Å². The fraction of sp³-hybridized carbons (Fsp3) is 0.200. The van der Waals surface area contributed by atoms with Crippen molar-refractivity contribution < 1.29 is 4.92 Å². The Balaban J connectivity index is 1.74. The number of benzene rings is 2. The largest absolute Gasteiger partial charge is 0.272 e. The lowest BCUT2D eigenvalue weighted by Gasteiger charge is -2.13. The first-order valence-corrected chi connectivity index (χ1v) is 10.7. The number of thioether (sulfide) groups is 2. The van der Waals surface area contributed by atoms with Gasteiger partial charge in [0.2, 0.25) is 0 Å². The van der Waals surface area contributed by atoms with E-state index in [2.05, 4.69) is 24.3 Å². The lowest BCUT2D eigenvalue weighted by Crippen LogP contribution is -2.23. The number of hydrogen-bond acceptors (Lipinski definition) is 6.